The summed E-state index contributed by atoms with van der Waals surface area (Å²) in [6.07, 6.45) is 4.08. The van der Waals surface area contributed by atoms with Crippen LogP contribution >= 0.6 is 0 Å². The van der Waals surface area contributed by atoms with Crippen molar-refractivity contribution < 1.29 is 0 Å². The summed E-state index contributed by atoms with van der Waals surface area (Å²) in [5, 5.41) is 3.64. The van der Waals surface area contributed by atoms with Gasteiger partial charge in [0.25, 0.3) is 0 Å². The molecule has 0 aromatic rings. The highest BCUT2D eigenvalue weighted by atomic mass is 15.2. The average Bonchev–Trinajstić information content (AvgIpc) is 2.17. The molecule has 1 rings (SSSR count). The first-order valence-electron chi connectivity index (χ1n) is 6.49. The van der Waals surface area contributed by atoms with Gasteiger partial charge in [-0.3, -0.25) is 0 Å². The van der Waals surface area contributed by atoms with Crippen LogP contribution in [0.25, 0.3) is 0 Å². The van der Waals surface area contributed by atoms with Crippen LogP contribution in [0.15, 0.2) is 0 Å². The smallest absolute Gasteiger partial charge is 0.0244 e. The molecule has 0 bridgehead atoms. The SMILES string of the molecule is CCCCCN1CCNC(C(C)(C)C)C1. The molecule has 1 atom stereocenters. The van der Waals surface area contributed by atoms with Gasteiger partial charge in [-0.2, -0.15) is 0 Å². The molecule has 2 nitrogen and oxygen atoms in total. The van der Waals surface area contributed by atoms with E-state index in [0.717, 1.165) is 6.54 Å². The minimum absolute atomic E-state index is 0.392. The summed E-state index contributed by atoms with van der Waals surface area (Å²) in [4.78, 5) is 2.63. The average molecular weight is 212 g/mol. The Morgan fingerprint density at radius 3 is 2.60 bits per heavy atom. The van der Waals surface area contributed by atoms with Crippen LogP contribution in [0.5, 0.6) is 0 Å². The highest BCUT2D eigenvalue weighted by Gasteiger charge is 2.28. The number of nitrogens with zero attached hydrogens (tertiary/aromatic N) is 1. The molecule has 1 fully saturated rings. The van der Waals surface area contributed by atoms with Crippen molar-refractivity contribution in [2.24, 2.45) is 5.41 Å². The molecule has 1 saturated heterocycles. The first-order valence-corrected chi connectivity index (χ1v) is 6.49. The van der Waals surface area contributed by atoms with Gasteiger partial charge in [0.15, 0.2) is 0 Å². The summed E-state index contributed by atoms with van der Waals surface area (Å²) in [7, 11) is 0. The fourth-order valence-electron chi connectivity index (χ4n) is 2.18. The maximum absolute atomic E-state index is 3.64. The van der Waals surface area contributed by atoms with E-state index in [9.17, 15) is 0 Å². The molecular weight excluding hydrogens is 184 g/mol. The van der Waals surface area contributed by atoms with Crippen LogP contribution in [-0.2, 0) is 0 Å². The lowest BCUT2D eigenvalue weighted by molar-refractivity contribution is 0.133. The summed E-state index contributed by atoms with van der Waals surface area (Å²) < 4.78 is 0. The summed E-state index contributed by atoms with van der Waals surface area (Å²) in [6.45, 7) is 14.2. The first kappa shape index (κ1) is 13.0. The van der Waals surface area contributed by atoms with Gasteiger partial charge in [0.05, 0.1) is 0 Å². The topological polar surface area (TPSA) is 15.3 Å². The molecule has 1 unspecified atom stereocenters. The maximum Gasteiger partial charge on any atom is 0.0244 e. The van der Waals surface area contributed by atoms with Gasteiger partial charge < -0.3 is 10.2 Å². The van der Waals surface area contributed by atoms with E-state index in [0.29, 0.717) is 11.5 Å². The second-order valence-electron chi connectivity index (χ2n) is 5.88. The van der Waals surface area contributed by atoms with E-state index >= 15 is 0 Å². The Balaban J connectivity index is 2.29. The molecule has 90 valence electrons. The number of nitrogens with one attached hydrogen (secondary N) is 1. The Bertz CT molecular complexity index is 172. The molecule has 1 N–H and O–H groups in total. The third kappa shape index (κ3) is 4.52. The second-order valence-corrected chi connectivity index (χ2v) is 5.88. The number of hydrogen-bond acceptors (Lipinski definition) is 2. The van der Waals surface area contributed by atoms with Gasteiger partial charge >= 0.3 is 0 Å². The summed E-state index contributed by atoms with van der Waals surface area (Å²) in [6, 6.07) is 0.660. The van der Waals surface area contributed by atoms with Crippen molar-refractivity contribution in [1.29, 1.82) is 0 Å². The van der Waals surface area contributed by atoms with E-state index < -0.39 is 0 Å². The normalized spacial score (nSPS) is 24.4. The van der Waals surface area contributed by atoms with Crippen LogP contribution in [0.3, 0.4) is 0 Å². The summed E-state index contributed by atoms with van der Waals surface area (Å²) in [5.41, 5.74) is 0.392. The monoisotopic (exact) mass is 212 g/mol. The zero-order valence-corrected chi connectivity index (χ0v) is 11.0. The predicted molar refractivity (Wildman–Crippen MR) is 67.2 cm³/mol. The van der Waals surface area contributed by atoms with E-state index in [1.807, 2.05) is 0 Å². The number of rotatable bonds is 4. The minimum Gasteiger partial charge on any atom is -0.311 e. The van der Waals surface area contributed by atoms with Crippen molar-refractivity contribution in [3.8, 4) is 0 Å². The Kier molecular flexibility index (Phi) is 5.07. The van der Waals surface area contributed by atoms with E-state index in [2.05, 4.69) is 37.9 Å². The molecule has 2 heteroatoms. The molecule has 1 heterocycles. The lowest BCUT2D eigenvalue weighted by Crippen LogP contribution is -2.55. The Morgan fingerprint density at radius 1 is 1.27 bits per heavy atom. The van der Waals surface area contributed by atoms with Crippen molar-refractivity contribution in [2.45, 2.75) is 53.0 Å². The molecule has 1 aliphatic rings. The van der Waals surface area contributed by atoms with Gasteiger partial charge in [0.1, 0.15) is 0 Å². The molecule has 0 aromatic heterocycles. The van der Waals surface area contributed by atoms with Crippen LogP contribution in [0, 0.1) is 5.41 Å². The van der Waals surface area contributed by atoms with Crippen LogP contribution in [-0.4, -0.2) is 37.1 Å². The van der Waals surface area contributed by atoms with Crippen molar-refractivity contribution in [1.82, 2.24) is 10.2 Å². The Labute approximate surface area is 95.4 Å². The molecule has 0 radical (unpaired) electrons. The van der Waals surface area contributed by atoms with Crippen LogP contribution < -0.4 is 5.32 Å². The zero-order chi connectivity index (χ0) is 11.3. The van der Waals surface area contributed by atoms with E-state index in [-0.39, 0.29) is 0 Å². The fourth-order valence-corrected chi connectivity index (χ4v) is 2.18. The molecule has 1 aliphatic heterocycles. The maximum atomic E-state index is 3.64. The highest BCUT2D eigenvalue weighted by molar-refractivity contribution is 4.87. The lowest BCUT2D eigenvalue weighted by Gasteiger charge is -2.40. The molecule has 0 aromatic carbocycles. The zero-order valence-electron chi connectivity index (χ0n) is 11.0. The molecule has 0 saturated carbocycles. The molecule has 15 heavy (non-hydrogen) atoms. The van der Waals surface area contributed by atoms with Crippen LogP contribution in [0.4, 0.5) is 0 Å². The van der Waals surface area contributed by atoms with E-state index in [4.69, 9.17) is 0 Å². The van der Waals surface area contributed by atoms with Crippen LogP contribution in [0.1, 0.15) is 47.0 Å². The van der Waals surface area contributed by atoms with Gasteiger partial charge in [-0.05, 0) is 18.4 Å². The molecule has 0 amide bonds. The standard InChI is InChI=1S/C13H28N2/c1-5-6-7-9-15-10-8-14-12(11-15)13(2,3)4/h12,14H,5-11H2,1-4H3. The summed E-state index contributed by atoms with van der Waals surface area (Å²) >= 11 is 0. The first-order chi connectivity index (χ1) is 7.04. The highest BCUT2D eigenvalue weighted by Crippen LogP contribution is 2.21. The lowest BCUT2D eigenvalue weighted by atomic mass is 9.85. The quantitative estimate of drug-likeness (QED) is 0.720. The number of piperazine rings is 1. The third-order valence-electron chi connectivity index (χ3n) is 3.38. The predicted octanol–water partition coefficient (Wildman–Crippen LogP) is 2.50. The van der Waals surface area contributed by atoms with Gasteiger partial charge in [-0.1, -0.05) is 40.5 Å². The molecule has 0 aliphatic carbocycles. The molecule has 0 spiro atoms. The number of hydrogen-bond donors (Lipinski definition) is 1. The van der Waals surface area contributed by atoms with Crippen molar-refractivity contribution >= 4 is 0 Å². The Hall–Kier alpha value is -0.0800. The Morgan fingerprint density at radius 2 is 2.00 bits per heavy atom. The largest absolute Gasteiger partial charge is 0.311 e. The van der Waals surface area contributed by atoms with E-state index in [1.54, 1.807) is 0 Å². The number of unbranched alkanes of at least 4 members (excludes halogenated alkanes) is 2. The fraction of sp³-hybridized carbons (Fsp3) is 1.00. The minimum atomic E-state index is 0.392. The third-order valence-corrected chi connectivity index (χ3v) is 3.38. The van der Waals surface area contributed by atoms with Crippen molar-refractivity contribution in [3.63, 3.8) is 0 Å². The van der Waals surface area contributed by atoms with Crippen molar-refractivity contribution in [2.75, 3.05) is 26.2 Å². The van der Waals surface area contributed by atoms with Crippen LogP contribution in [0.2, 0.25) is 0 Å². The van der Waals surface area contributed by atoms with Gasteiger partial charge in [-0.25, -0.2) is 0 Å². The second kappa shape index (κ2) is 5.86. The van der Waals surface area contributed by atoms with Gasteiger partial charge in [0.2, 0.25) is 0 Å². The van der Waals surface area contributed by atoms with Crippen molar-refractivity contribution in [3.05, 3.63) is 0 Å². The van der Waals surface area contributed by atoms with Gasteiger partial charge in [0, 0.05) is 25.7 Å². The van der Waals surface area contributed by atoms with E-state index in [1.165, 1.54) is 38.9 Å². The molecular formula is C13H28N2. The summed E-state index contributed by atoms with van der Waals surface area (Å²) in [5.74, 6) is 0. The van der Waals surface area contributed by atoms with Gasteiger partial charge in [-0.15, -0.1) is 0 Å².